The van der Waals surface area contributed by atoms with E-state index < -0.39 is 0 Å². The van der Waals surface area contributed by atoms with Gasteiger partial charge >= 0.3 is 6.03 Å². The molecule has 1 saturated heterocycles. The molecule has 1 aliphatic rings. The van der Waals surface area contributed by atoms with E-state index in [0.29, 0.717) is 0 Å². The first kappa shape index (κ1) is 14.9. The van der Waals surface area contributed by atoms with E-state index in [1.807, 2.05) is 35.2 Å². The molecule has 3 unspecified atom stereocenters. The molecule has 4 heteroatoms. The zero-order chi connectivity index (χ0) is 14.5. The molecule has 1 aromatic rings. The monoisotopic (exact) mass is 276 g/mol. The molecule has 1 aromatic carbocycles. The van der Waals surface area contributed by atoms with Crippen LogP contribution >= 0.6 is 0 Å². The second-order valence-electron chi connectivity index (χ2n) is 5.63. The van der Waals surface area contributed by atoms with E-state index in [4.69, 9.17) is 0 Å². The van der Waals surface area contributed by atoms with Gasteiger partial charge in [0.2, 0.25) is 0 Å². The Bertz CT molecular complexity index is 425. The van der Waals surface area contributed by atoms with E-state index in [1.54, 1.807) is 0 Å². The summed E-state index contributed by atoms with van der Waals surface area (Å²) in [5.74, 6) is 0. The number of benzene rings is 1. The predicted molar refractivity (Wildman–Crippen MR) is 79.4 cm³/mol. The first-order valence-corrected chi connectivity index (χ1v) is 7.38. The van der Waals surface area contributed by atoms with Crippen molar-refractivity contribution in [1.29, 1.82) is 0 Å². The summed E-state index contributed by atoms with van der Waals surface area (Å²) < 4.78 is 0. The van der Waals surface area contributed by atoms with E-state index >= 15 is 0 Å². The standard InChI is InChI=1S/C16H24N2O2/c1-12-7-6-8-13(2)18(12)16(20)17-15(11-19)14-9-4-3-5-10-14/h3-5,9-10,12-13,15,19H,6-8,11H2,1-2H3,(H,17,20). The Hall–Kier alpha value is -1.55. The van der Waals surface area contributed by atoms with Gasteiger partial charge in [0.25, 0.3) is 0 Å². The molecule has 1 aliphatic heterocycles. The number of nitrogens with zero attached hydrogens (tertiary/aromatic N) is 1. The fourth-order valence-electron chi connectivity index (χ4n) is 2.96. The topological polar surface area (TPSA) is 52.6 Å². The van der Waals surface area contributed by atoms with E-state index in [2.05, 4.69) is 19.2 Å². The molecule has 0 aliphatic carbocycles. The lowest BCUT2D eigenvalue weighted by atomic mass is 9.98. The Balaban J connectivity index is 2.05. The van der Waals surface area contributed by atoms with Crippen molar-refractivity contribution < 1.29 is 9.90 Å². The van der Waals surface area contributed by atoms with Gasteiger partial charge in [0.1, 0.15) is 0 Å². The minimum atomic E-state index is -0.343. The Morgan fingerprint density at radius 3 is 2.45 bits per heavy atom. The number of carbonyl (C=O) groups is 1. The molecule has 20 heavy (non-hydrogen) atoms. The van der Waals surface area contributed by atoms with Crippen LogP contribution in [0, 0.1) is 0 Å². The number of likely N-dealkylation sites (tertiary alicyclic amines) is 1. The van der Waals surface area contributed by atoms with Crippen LogP contribution in [0.3, 0.4) is 0 Å². The Morgan fingerprint density at radius 1 is 1.30 bits per heavy atom. The minimum Gasteiger partial charge on any atom is -0.394 e. The molecule has 1 heterocycles. The molecule has 110 valence electrons. The Kier molecular flexibility index (Phi) is 5.01. The third-order valence-electron chi connectivity index (χ3n) is 4.11. The number of hydrogen-bond donors (Lipinski definition) is 2. The summed E-state index contributed by atoms with van der Waals surface area (Å²) in [5.41, 5.74) is 0.931. The first-order chi connectivity index (χ1) is 9.63. The maximum Gasteiger partial charge on any atom is 0.318 e. The molecule has 0 radical (unpaired) electrons. The van der Waals surface area contributed by atoms with Crippen molar-refractivity contribution in [3.8, 4) is 0 Å². The summed E-state index contributed by atoms with van der Waals surface area (Å²) in [6.45, 7) is 4.09. The number of amides is 2. The van der Waals surface area contributed by atoms with Gasteiger partial charge in [0.15, 0.2) is 0 Å². The summed E-state index contributed by atoms with van der Waals surface area (Å²) in [7, 11) is 0. The van der Waals surface area contributed by atoms with Crippen LogP contribution < -0.4 is 5.32 Å². The third-order valence-corrected chi connectivity index (χ3v) is 4.11. The van der Waals surface area contributed by atoms with Gasteiger partial charge in [-0.25, -0.2) is 4.79 Å². The number of nitrogens with one attached hydrogen (secondary N) is 1. The Labute approximate surface area is 120 Å². The predicted octanol–water partition coefficient (Wildman–Crippen LogP) is 2.69. The molecule has 0 aromatic heterocycles. The van der Waals surface area contributed by atoms with Gasteiger partial charge in [0, 0.05) is 12.1 Å². The van der Waals surface area contributed by atoms with Crippen LogP contribution in [-0.2, 0) is 0 Å². The molecular weight excluding hydrogens is 252 g/mol. The second kappa shape index (κ2) is 6.75. The molecule has 3 atom stereocenters. The van der Waals surface area contributed by atoms with Crippen LogP contribution in [-0.4, -0.2) is 34.7 Å². The van der Waals surface area contributed by atoms with Crippen LogP contribution in [0.4, 0.5) is 4.79 Å². The molecule has 0 bridgehead atoms. The van der Waals surface area contributed by atoms with Crippen LogP contribution in [0.25, 0.3) is 0 Å². The lowest BCUT2D eigenvalue weighted by Crippen LogP contribution is -2.52. The van der Waals surface area contributed by atoms with Gasteiger partial charge in [-0.3, -0.25) is 0 Å². The quantitative estimate of drug-likeness (QED) is 0.892. The normalized spacial score (nSPS) is 24.2. The zero-order valence-electron chi connectivity index (χ0n) is 12.2. The lowest BCUT2D eigenvalue weighted by molar-refractivity contribution is 0.116. The van der Waals surface area contributed by atoms with Gasteiger partial charge in [-0.05, 0) is 38.7 Å². The molecule has 4 nitrogen and oxygen atoms in total. The van der Waals surface area contributed by atoms with Crippen molar-refractivity contribution in [2.24, 2.45) is 0 Å². The SMILES string of the molecule is CC1CCCC(C)N1C(=O)NC(CO)c1ccccc1. The Morgan fingerprint density at radius 2 is 1.90 bits per heavy atom. The number of hydrogen-bond acceptors (Lipinski definition) is 2. The van der Waals surface area contributed by atoms with Crippen molar-refractivity contribution in [1.82, 2.24) is 10.2 Å². The van der Waals surface area contributed by atoms with E-state index in [1.165, 1.54) is 6.42 Å². The molecule has 2 N–H and O–H groups in total. The highest BCUT2D eigenvalue weighted by atomic mass is 16.3. The van der Waals surface area contributed by atoms with Gasteiger partial charge in [0.05, 0.1) is 12.6 Å². The lowest BCUT2D eigenvalue weighted by Gasteiger charge is -2.39. The average molecular weight is 276 g/mol. The van der Waals surface area contributed by atoms with Gasteiger partial charge in [-0.15, -0.1) is 0 Å². The van der Waals surface area contributed by atoms with Crippen molar-refractivity contribution >= 4 is 6.03 Å². The highest BCUT2D eigenvalue weighted by molar-refractivity contribution is 5.75. The zero-order valence-corrected chi connectivity index (χ0v) is 12.2. The maximum absolute atomic E-state index is 12.5. The molecule has 1 fully saturated rings. The number of aliphatic hydroxyl groups excluding tert-OH is 1. The van der Waals surface area contributed by atoms with Crippen molar-refractivity contribution in [2.45, 2.75) is 51.2 Å². The second-order valence-corrected chi connectivity index (χ2v) is 5.63. The van der Waals surface area contributed by atoms with Crippen molar-refractivity contribution in [2.75, 3.05) is 6.61 Å². The highest BCUT2D eigenvalue weighted by Gasteiger charge is 2.30. The minimum absolute atomic E-state index is 0.0763. The maximum atomic E-state index is 12.5. The summed E-state index contributed by atoms with van der Waals surface area (Å²) in [6, 6.07) is 9.69. The van der Waals surface area contributed by atoms with E-state index in [9.17, 15) is 9.90 Å². The summed E-state index contributed by atoms with van der Waals surface area (Å²) >= 11 is 0. The van der Waals surface area contributed by atoms with Gasteiger partial charge in [-0.1, -0.05) is 30.3 Å². The number of urea groups is 1. The average Bonchev–Trinajstić information content (AvgIpc) is 2.45. The fourth-order valence-corrected chi connectivity index (χ4v) is 2.96. The third kappa shape index (κ3) is 3.31. The fraction of sp³-hybridized carbons (Fsp3) is 0.562. The molecule has 0 spiro atoms. The van der Waals surface area contributed by atoms with Crippen LogP contribution in [0.15, 0.2) is 30.3 Å². The van der Waals surface area contributed by atoms with E-state index in [0.717, 1.165) is 18.4 Å². The number of piperidine rings is 1. The van der Waals surface area contributed by atoms with Crippen LogP contribution in [0.2, 0.25) is 0 Å². The number of carbonyl (C=O) groups excluding carboxylic acids is 1. The van der Waals surface area contributed by atoms with Crippen molar-refractivity contribution in [3.63, 3.8) is 0 Å². The van der Waals surface area contributed by atoms with Gasteiger partial charge in [-0.2, -0.15) is 0 Å². The van der Waals surface area contributed by atoms with Crippen LogP contribution in [0.5, 0.6) is 0 Å². The smallest absolute Gasteiger partial charge is 0.318 e. The molecule has 0 saturated carbocycles. The highest BCUT2D eigenvalue weighted by Crippen LogP contribution is 2.23. The summed E-state index contributed by atoms with van der Waals surface area (Å²) in [5, 5.41) is 12.5. The molecule has 2 rings (SSSR count). The van der Waals surface area contributed by atoms with Gasteiger partial charge < -0.3 is 15.3 Å². The van der Waals surface area contributed by atoms with Crippen LogP contribution in [0.1, 0.15) is 44.7 Å². The number of rotatable bonds is 3. The largest absolute Gasteiger partial charge is 0.394 e. The summed E-state index contributed by atoms with van der Waals surface area (Å²) in [6.07, 6.45) is 3.27. The van der Waals surface area contributed by atoms with E-state index in [-0.39, 0.29) is 30.8 Å². The van der Waals surface area contributed by atoms with Crippen molar-refractivity contribution in [3.05, 3.63) is 35.9 Å². The molecular formula is C16H24N2O2. The summed E-state index contributed by atoms with van der Waals surface area (Å²) in [4.78, 5) is 14.4. The first-order valence-electron chi connectivity index (χ1n) is 7.38. The molecule has 2 amide bonds. The number of aliphatic hydroxyl groups is 1.